The van der Waals surface area contributed by atoms with E-state index >= 15 is 0 Å². The molecule has 2 rings (SSSR count). The summed E-state index contributed by atoms with van der Waals surface area (Å²) in [5, 5.41) is 0. The van der Waals surface area contributed by atoms with Gasteiger partial charge in [0.05, 0.1) is 5.69 Å². The first-order valence-electron chi connectivity index (χ1n) is 6.02. The molecule has 6 heteroatoms. The molecule has 4 nitrogen and oxygen atoms in total. The second kappa shape index (κ2) is 5.95. The SMILES string of the molecule is C[C@@H](NS(=O)(=O)c1ccccc1N)c1ccc(Br)cc1. The number of anilines is 1. The minimum absolute atomic E-state index is 0.101. The maximum atomic E-state index is 12.3. The summed E-state index contributed by atoms with van der Waals surface area (Å²) in [4.78, 5) is 0.101. The summed E-state index contributed by atoms with van der Waals surface area (Å²) in [7, 11) is -3.64. The van der Waals surface area contributed by atoms with Crippen molar-refractivity contribution in [1.29, 1.82) is 0 Å². The zero-order chi connectivity index (χ0) is 14.8. The minimum Gasteiger partial charge on any atom is -0.398 e. The third kappa shape index (κ3) is 3.39. The molecule has 2 aromatic carbocycles. The number of nitrogens with one attached hydrogen (secondary N) is 1. The van der Waals surface area contributed by atoms with Gasteiger partial charge in [-0.25, -0.2) is 13.1 Å². The van der Waals surface area contributed by atoms with Crippen LogP contribution in [-0.4, -0.2) is 8.42 Å². The van der Waals surface area contributed by atoms with Crippen LogP contribution in [0.5, 0.6) is 0 Å². The van der Waals surface area contributed by atoms with Gasteiger partial charge >= 0.3 is 0 Å². The van der Waals surface area contributed by atoms with Crippen LogP contribution in [0.2, 0.25) is 0 Å². The van der Waals surface area contributed by atoms with Crippen molar-refractivity contribution < 1.29 is 8.42 Å². The van der Waals surface area contributed by atoms with E-state index in [1.807, 2.05) is 24.3 Å². The monoisotopic (exact) mass is 354 g/mol. The smallest absolute Gasteiger partial charge is 0.243 e. The standard InChI is InChI=1S/C14H15BrN2O2S/c1-10(11-6-8-12(15)9-7-11)17-20(18,19)14-5-3-2-4-13(14)16/h2-10,17H,16H2,1H3/t10-/m1/s1. The highest BCUT2D eigenvalue weighted by Gasteiger charge is 2.20. The number of hydrogen-bond acceptors (Lipinski definition) is 3. The Labute approximate surface area is 127 Å². The molecule has 3 N–H and O–H groups in total. The number of nitrogens with two attached hydrogens (primary N) is 1. The molecular weight excluding hydrogens is 340 g/mol. The lowest BCUT2D eigenvalue weighted by atomic mass is 10.1. The summed E-state index contributed by atoms with van der Waals surface area (Å²) < 4.78 is 28.2. The second-order valence-corrected chi connectivity index (χ2v) is 7.03. The number of nitrogen functional groups attached to an aromatic ring is 1. The van der Waals surface area contributed by atoms with Crippen LogP contribution in [0.15, 0.2) is 57.9 Å². The van der Waals surface area contributed by atoms with Gasteiger partial charge in [0.2, 0.25) is 10.0 Å². The molecule has 2 aromatic rings. The zero-order valence-electron chi connectivity index (χ0n) is 10.9. The molecule has 20 heavy (non-hydrogen) atoms. The van der Waals surface area contributed by atoms with E-state index in [1.165, 1.54) is 6.07 Å². The number of sulfonamides is 1. The van der Waals surface area contributed by atoms with Crippen LogP contribution in [-0.2, 0) is 10.0 Å². The van der Waals surface area contributed by atoms with Gasteiger partial charge in [-0.3, -0.25) is 0 Å². The number of para-hydroxylation sites is 1. The van der Waals surface area contributed by atoms with E-state index in [0.717, 1.165) is 10.0 Å². The van der Waals surface area contributed by atoms with Crippen LogP contribution < -0.4 is 10.5 Å². The normalized spacial score (nSPS) is 13.1. The number of hydrogen-bond donors (Lipinski definition) is 2. The van der Waals surface area contributed by atoms with Crippen molar-refractivity contribution in [2.45, 2.75) is 17.9 Å². The molecule has 0 saturated heterocycles. The highest BCUT2D eigenvalue weighted by Crippen LogP contribution is 2.22. The van der Waals surface area contributed by atoms with Gasteiger partial charge in [-0.15, -0.1) is 0 Å². The molecule has 0 bridgehead atoms. The maximum Gasteiger partial charge on any atom is 0.243 e. The van der Waals surface area contributed by atoms with E-state index in [-0.39, 0.29) is 16.6 Å². The lowest BCUT2D eigenvalue weighted by molar-refractivity contribution is 0.567. The van der Waals surface area contributed by atoms with Crippen molar-refractivity contribution >= 4 is 31.6 Å². The molecule has 0 unspecified atom stereocenters. The van der Waals surface area contributed by atoms with E-state index < -0.39 is 10.0 Å². The van der Waals surface area contributed by atoms with Crippen molar-refractivity contribution in [2.75, 3.05) is 5.73 Å². The Morgan fingerprint density at radius 1 is 1.10 bits per heavy atom. The fourth-order valence-electron chi connectivity index (χ4n) is 1.84. The molecule has 1 atom stereocenters. The summed E-state index contributed by atoms with van der Waals surface area (Å²) in [5.41, 5.74) is 6.84. The van der Waals surface area contributed by atoms with E-state index in [4.69, 9.17) is 5.73 Å². The molecule has 0 aromatic heterocycles. The van der Waals surface area contributed by atoms with E-state index in [1.54, 1.807) is 25.1 Å². The average Bonchev–Trinajstić information content (AvgIpc) is 2.39. The van der Waals surface area contributed by atoms with Gasteiger partial charge in [0.25, 0.3) is 0 Å². The molecule has 0 aliphatic rings. The Balaban J connectivity index is 2.24. The Kier molecular flexibility index (Phi) is 4.47. The van der Waals surface area contributed by atoms with Gasteiger partial charge < -0.3 is 5.73 Å². The molecule has 0 fully saturated rings. The average molecular weight is 355 g/mol. The molecule has 0 aliphatic carbocycles. The Morgan fingerprint density at radius 2 is 1.70 bits per heavy atom. The van der Waals surface area contributed by atoms with Crippen molar-refractivity contribution in [3.05, 3.63) is 58.6 Å². The second-order valence-electron chi connectivity index (χ2n) is 4.43. The lowest BCUT2D eigenvalue weighted by Crippen LogP contribution is -2.27. The van der Waals surface area contributed by atoms with E-state index in [0.29, 0.717) is 0 Å². The van der Waals surface area contributed by atoms with Crippen molar-refractivity contribution in [3.63, 3.8) is 0 Å². The van der Waals surface area contributed by atoms with Crippen LogP contribution in [0.25, 0.3) is 0 Å². The molecule has 0 radical (unpaired) electrons. The fourth-order valence-corrected chi connectivity index (χ4v) is 3.47. The molecular formula is C14H15BrN2O2S. The summed E-state index contributed by atoms with van der Waals surface area (Å²) in [6.07, 6.45) is 0. The van der Waals surface area contributed by atoms with Crippen LogP contribution in [0.3, 0.4) is 0 Å². The summed E-state index contributed by atoms with van der Waals surface area (Å²) in [5.74, 6) is 0. The van der Waals surface area contributed by atoms with E-state index in [2.05, 4.69) is 20.7 Å². The predicted molar refractivity (Wildman–Crippen MR) is 83.7 cm³/mol. The molecule has 0 saturated carbocycles. The largest absolute Gasteiger partial charge is 0.398 e. The van der Waals surface area contributed by atoms with Crippen molar-refractivity contribution in [1.82, 2.24) is 4.72 Å². The number of benzene rings is 2. The number of rotatable bonds is 4. The molecule has 106 valence electrons. The molecule has 0 aliphatic heterocycles. The summed E-state index contributed by atoms with van der Waals surface area (Å²) >= 11 is 3.35. The first kappa shape index (κ1) is 15.0. The van der Waals surface area contributed by atoms with Crippen LogP contribution in [0.4, 0.5) is 5.69 Å². The predicted octanol–water partition coefficient (Wildman–Crippen LogP) is 3.07. The van der Waals surface area contributed by atoms with Gasteiger partial charge in [-0.05, 0) is 36.8 Å². The van der Waals surface area contributed by atoms with Crippen molar-refractivity contribution in [3.8, 4) is 0 Å². The zero-order valence-corrected chi connectivity index (χ0v) is 13.3. The Hall–Kier alpha value is -1.37. The highest BCUT2D eigenvalue weighted by molar-refractivity contribution is 9.10. The van der Waals surface area contributed by atoms with Gasteiger partial charge in [0.15, 0.2) is 0 Å². The van der Waals surface area contributed by atoms with Gasteiger partial charge in [-0.2, -0.15) is 0 Å². The highest BCUT2D eigenvalue weighted by atomic mass is 79.9. The maximum absolute atomic E-state index is 12.3. The first-order chi connectivity index (χ1) is 9.40. The third-order valence-electron chi connectivity index (χ3n) is 2.91. The first-order valence-corrected chi connectivity index (χ1v) is 8.30. The van der Waals surface area contributed by atoms with Crippen LogP contribution in [0, 0.1) is 0 Å². The van der Waals surface area contributed by atoms with E-state index in [9.17, 15) is 8.42 Å². The minimum atomic E-state index is -3.64. The van der Waals surface area contributed by atoms with Gasteiger partial charge in [0.1, 0.15) is 4.90 Å². The summed E-state index contributed by atoms with van der Waals surface area (Å²) in [6, 6.07) is 13.5. The van der Waals surface area contributed by atoms with Crippen LogP contribution in [0.1, 0.15) is 18.5 Å². The Morgan fingerprint density at radius 3 is 2.30 bits per heavy atom. The lowest BCUT2D eigenvalue weighted by Gasteiger charge is -2.15. The van der Waals surface area contributed by atoms with Gasteiger partial charge in [0, 0.05) is 10.5 Å². The molecule has 0 amide bonds. The quantitative estimate of drug-likeness (QED) is 0.828. The fraction of sp³-hybridized carbons (Fsp3) is 0.143. The topological polar surface area (TPSA) is 72.2 Å². The Bertz CT molecular complexity index is 699. The molecule has 0 heterocycles. The van der Waals surface area contributed by atoms with Gasteiger partial charge in [-0.1, -0.05) is 40.2 Å². The third-order valence-corrected chi connectivity index (χ3v) is 5.05. The van der Waals surface area contributed by atoms with Crippen molar-refractivity contribution in [2.24, 2.45) is 0 Å². The number of halogens is 1. The summed E-state index contributed by atoms with van der Waals surface area (Å²) in [6.45, 7) is 1.79. The van der Waals surface area contributed by atoms with Crippen LogP contribution >= 0.6 is 15.9 Å². The molecule has 0 spiro atoms.